The van der Waals surface area contributed by atoms with E-state index >= 15 is 0 Å². The first-order valence-electron chi connectivity index (χ1n) is 5.56. The van der Waals surface area contributed by atoms with Gasteiger partial charge in [-0.2, -0.15) is 0 Å². The fraction of sp³-hybridized carbons (Fsp3) is 0.636. The third kappa shape index (κ3) is 4.33. The highest BCUT2D eigenvalue weighted by Gasteiger charge is 2.05. The minimum atomic E-state index is 0.419. The maximum absolute atomic E-state index is 5.65. The molecule has 0 aliphatic carbocycles. The van der Waals surface area contributed by atoms with E-state index in [0.717, 1.165) is 25.3 Å². The molecule has 0 fully saturated rings. The van der Waals surface area contributed by atoms with Crippen LogP contribution in [0.2, 0.25) is 5.15 Å². The second-order valence-electron chi connectivity index (χ2n) is 3.91. The van der Waals surface area contributed by atoms with Crippen molar-refractivity contribution in [1.82, 2.24) is 15.1 Å². The van der Waals surface area contributed by atoms with Crippen molar-refractivity contribution < 1.29 is 0 Å². The normalized spacial score (nSPS) is 12.8. The van der Waals surface area contributed by atoms with Gasteiger partial charge in [-0.05, 0) is 32.5 Å². The molecule has 1 rings (SSSR count). The van der Waals surface area contributed by atoms with Gasteiger partial charge in [0, 0.05) is 19.1 Å². The number of anilines is 1. The molecule has 5 heteroatoms. The Kier molecular flexibility index (Phi) is 5.49. The summed E-state index contributed by atoms with van der Waals surface area (Å²) in [5.74, 6) is 0.766. The zero-order valence-corrected chi connectivity index (χ0v) is 10.8. The van der Waals surface area contributed by atoms with E-state index in [9.17, 15) is 0 Å². The molecule has 1 aromatic heterocycles. The number of rotatable bonds is 6. The second kappa shape index (κ2) is 6.66. The van der Waals surface area contributed by atoms with Crippen LogP contribution in [0, 0.1) is 0 Å². The van der Waals surface area contributed by atoms with Crippen LogP contribution in [0.1, 0.15) is 20.3 Å². The Labute approximate surface area is 102 Å². The van der Waals surface area contributed by atoms with Crippen molar-refractivity contribution in [3.05, 3.63) is 17.3 Å². The summed E-state index contributed by atoms with van der Waals surface area (Å²) in [4.78, 5) is 2.32. The predicted octanol–water partition coefficient (Wildman–Crippen LogP) is 2.27. The molecule has 0 saturated carbocycles. The van der Waals surface area contributed by atoms with Gasteiger partial charge in [-0.15, -0.1) is 10.2 Å². The molecule has 90 valence electrons. The topological polar surface area (TPSA) is 41.0 Å². The Morgan fingerprint density at radius 1 is 1.44 bits per heavy atom. The molecule has 0 aliphatic rings. The van der Waals surface area contributed by atoms with Gasteiger partial charge in [0.25, 0.3) is 0 Å². The maximum Gasteiger partial charge on any atom is 0.151 e. The van der Waals surface area contributed by atoms with Crippen LogP contribution in [-0.4, -0.2) is 41.3 Å². The number of hydrogen-bond donors (Lipinski definition) is 1. The first-order valence-corrected chi connectivity index (χ1v) is 5.94. The molecule has 4 nitrogen and oxygen atoms in total. The van der Waals surface area contributed by atoms with Crippen LogP contribution in [0.5, 0.6) is 0 Å². The quantitative estimate of drug-likeness (QED) is 0.831. The van der Waals surface area contributed by atoms with E-state index in [1.165, 1.54) is 0 Å². The monoisotopic (exact) mass is 242 g/mol. The number of likely N-dealkylation sites (N-methyl/N-ethyl adjacent to an activating group) is 1. The molecule has 1 aromatic rings. The van der Waals surface area contributed by atoms with Gasteiger partial charge in [-0.3, -0.25) is 0 Å². The molecule has 0 bridgehead atoms. The molecular formula is C11H19ClN4. The first-order chi connectivity index (χ1) is 7.63. The Hall–Kier alpha value is -0.870. The highest BCUT2D eigenvalue weighted by Crippen LogP contribution is 2.06. The highest BCUT2D eigenvalue weighted by molar-refractivity contribution is 6.29. The largest absolute Gasteiger partial charge is 0.367 e. The SMILES string of the molecule is CCC(C)N(C)CCNc1ccc(Cl)nn1. The Balaban J connectivity index is 2.27. The smallest absolute Gasteiger partial charge is 0.151 e. The van der Waals surface area contributed by atoms with Crippen LogP contribution in [0.4, 0.5) is 5.82 Å². The lowest BCUT2D eigenvalue weighted by molar-refractivity contribution is 0.261. The molecule has 0 radical (unpaired) electrons. The van der Waals surface area contributed by atoms with Crippen molar-refractivity contribution in [2.45, 2.75) is 26.3 Å². The second-order valence-corrected chi connectivity index (χ2v) is 4.29. The summed E-state index contributed by atoms with van der Waals surface area (Å²) in [5, 5.41) is 11.3. The minimum Gasteiger partial charge on any atom is -0.367 e. The highest BCUT2D eigenvalue weighted by atomic mass is 35.5. The average Bonchev–Trinajstić information content (AvgIpc) is 2.30. The van der Waals surface area contributed by atoms with Crippen molar-refractivity contribution in [3.8, 4) is 0 Å². The van der Waals surface area contributed by atoms with Gasteiger partial charge in [-0.25, -0.2) is 0 Å². The molecule has 0 saturated heterocycles. The van der Waals surface area contributed by atoms with Gasteiger partial charge in [0.1, 0.15) is 5.82 Å². The Morgan fingerprint density at radius 2 is 2.19 bits per heavy atom. The molecule has 0 aliphatic heterocycles. The molecule has 1 atom stereocenters. The van der Waals surface area contributed by atoms with E-state index in [-0.39, 0.29) is 0 Å². The predicted molar refractivity (Wildman–Crippen MR) is 67.9 cm³/mol. The van der Waals surface area contributed by atoms with Crippen molar-refractivity contribution in [2.24, 2.45) is 0 Å². The van der Waals surface area contributed by atoms with Crippen LogP contribution in [0.15, 0.2) is 12.1 Å². The summed E-state index contributed by atoms with van der Waals surface area (Å²) in [7, 11) is 2.13. The maximum atomic E-state index is 5.65. The lowest BCUT2D eigenvalue weighted by Crippen LogP contribution is -2.32. The molecular weight excluding hydrogens is 224 g/mol. The van der Waals surface area contributed by atoms with E-state index in [1.807, 2.05) is 6.07 Å². The summed E-state index contributed by atoms with van der Waals surface area (Å²) < 4.78 is 0. The van der Waals surface area contributed by atoms with E-state index in [2.05, 4.69) is 41.3 Å². The van der Waals surface area contributed by atoms with Crippen molar-refractivity contribution >= 4 is 17.4 Å². The van der Waals surface area contributed by atoms with Crippen LogP contribution >= 0.6 is 11.6 Å². The molecule has 1 heterocycles. The molecule has 16 heavy (non-hydrogen) atoms. The van der Waals surface area contributed by atoms with Gasteiger partial charge >= 0.3 is 0 Å². The minimum absolute atomic E-state index is 0.419. The standard InChI is InChI=1S/C11H19ClN4/c1-4-9(2)16(3)8-7-13-11-6-5-10(12)14-15-11/h5-6,9H,4,7-8H2,1-3H3,(H,13,15). The van der Waals surface area contributed by atoms with Crippen molar-refractivity contribution in [3.63, 3.8) is 0 Å². The first kappa shape index (κ1) is 13.2. The van der Waals surface area contributed by atoms with Crippen molar-refractivity contribution in [1.29, 1.82) is 0 Å². The fourth-order valence-electron chi connectivity index (χ4n) is 1.30. The summed E-state index contributed by atoms with van der Waals surface area (Å²) in [6, 6.07) is 4.17. The molecule has 0 amide bonds. The van der Waals surface area contributed by atoms with Crippen LogP contribution in [-0.2, 0) is 0 Å². The number of aromatic nitrogens is 2. The molecule has 0 spiro atoms. The van der Waals surface area contributed by atoms with E-state index in [0.29, 0.717) is 11.2 Å². The molecule has 1 unspecified atom stereocenters. The Bertz CT molecular complexity index is 301. The van der Waals surface area contributed by atoms with Gasteiger partial charge in [-0.1, -0.05) is 18.5 Å². The lowest BCUT2D eigenvalue weighted by atomic mass is 10.2. The fourth-order valence-corrected chi connectivity index (χ4v) is 1.40. The van der Waals surface area contributed by atoms with E-state index < -0.39 is 0 Å². The summed E-state index contributed by atoms with van der Waals surface area (Å²) >= 11 is 5.65. The average molecular weight is 243 g/mol. The van der Waals surface area contributed by atoms with Gasteiger partial charge in [0.15, 0.2) is 5.15 Å². The molecule has 0 aromatic carbocycles. The summed E-state index contributed by atoms with van der Waals surface area (Å²) in [6.07, 6.45) is 1.16. The third-order valence-electron chi connectivity index (χ3n) is 2.75. The van der Waals surface area contributed by atoms with Crippen molar-refractivity contribution in [2.75, 3.05) is 25.5 Å². The Morgan fingerprint density at radius 3 is 2.75 bits per heavy atom. The van der Waals surface area contributed by atoms with Gasteiger partial charge in [0.05, 0.1) is 0 Å². The van der Waals surface area contributed by atoms with Gasteiger partial charge in [0.2, 0.25) is 0 Å². The summed E-state index contributed by atoms with van der Waals surface area (Å²) in [5.41, 5.74) is 0. The number of hydrogen-bond acceptors (Lipinski definition) is 4. The number of nitrogens with zero attached hydrogens (tertiary/aromatic N) is 3. The zero-order valence-electron chi connectivity index (χ0n) is 10.1. The summed E-state index contributed by atoms with van der Waals surface area (Å²) in [6.45, 7) is 6.26. The van der Waals surface area contributed by atoms with E-state index in [1.54, 1.807) is 6.07 Å². The van der Waals surface area contributed by atoms with E-state index in [4.69, 9.17) is 11.6 Å². The number of nitrogens with one attached hydrogen (secondary N) is 1. The zero-order chi connectivity index (χ0) is 12.0. The van der Waals surface area contributed by atoms with Crippen LogP contribution in [0.3, 0.4) is 0 Å². The van der Waals surface area contributed by atoms with Crippen LogP contribution in [0.25, 0.3) is 0 Å². The number of halogens is 1. The lowest BCUT2D eigenvalue weighted by Gasteiger charge is -2.23. The van der Waals surface area contributed by atoms with Gasteiger partial charge < -0.3 is 10.2 Å². The third-order valence-corrected chi connectivity index (χ3v) is 2.95. The van der Waals surface area contributed by atoms with Crippen LogP contribution < -0.4 is 5.32 Å². The molecule has 1 N–H and O–H groups in total.